The van der Waals surface area contributed by atoms with Crippen molar-refractivity contribution < 1.29 is 11.0 Å². The van der Waals surface area contributed by atoms with Gasteiger partial charge in [0.15, 0.2) is 0 Å². The van der Waals surface area contributed by atoms with Crippen molar-refractivity contribution in [3.63, 3.8) is 0 Å². The molecule has 0 fully saturated rings. The molecule has 0 aromatic heterocycles. The SMILES string of the molecule is Bc1ccc(C)cc1Cl.O.O. The smallest absolute Gasteiger partial charge is 0.141 e. The topological polar surface area (TPSA) is 63.0 Å². The molecule has 0 unspecified atom stereocenters. The first-order chi connectivity index (χ1) is 4.20. The van der Waals surface area contributed by atoms with E-state index in [1.54, 1.807) is 0 Å². The van der Waals surface area contributed by atoms with Gasteiger partial charge in [0.1, 0.15) is 7.85 Å². The monoisotopic (exact) mass is 174 g/mol. The van der Waals surface area contributed by atoms with E-state index in [0.717, 1.165) is 10.5 Å². The van der Waals surface area contributed by atoms with Gasteiger partial charge in [-0.3, -0.25) is 0 Å². The summed E-state index contributed by atoms with van der Waals surface area (Å²) in [5, 5.41) is 0.856. The Bertz CT molecular complexity index is 228. The number of hydrogen-bond acceptors (Lipinski definition) is 0. The molecule has 0 saturated heterocycles. The number of rotatable bonds is 0. The summed E-state index contributed by atoms with van der Waals surface area (Å²) in [5.74, 6) is 0. The first-order valence-electron chi connectivity index (χ1n) is 2.93. The highest BCUT2D eigenvalue weighted by Crippen LogP contribution is 2.05. The second-order valence-corrected chi connectivity index (χ2v) is 2.66. The Morgan fingerprint density at radius 3 is 2.18 bits per heavy atom. The van der Waals surface area contributed by atoms with E-state index in [0.29, 0.717) is 0 Å². The van der Waals surface area contributed by atoms with Crippen molar-refractivity contribution in [3.05, 3.63) is 28.8 Å². The zero-order valence-electron chi connectivity index (χ0n) is 6.61. The molecule has 1 rings (SSSR count). The Kier molecular flexibility index (Phi) is 6.18. The second-order valence-electron chi connectivity index (χ2n) is 2.25. The molecule has 0 atom stereocenters. The summed E-state index contributed by atoms with van der Waals surface area (Å²) in [6, 6.07) is 6.05. The van der Waals surface area contributed by atoms with E-state index in [1.165, 1.54) is 5.56 Å². The molecule has 4 heteroatoms. The molecule has 0 saturated carbocycles. The minimum absolute atomic E-state index is 0. The summed E-state index contributed by atoms with van der Waals surface area (Å²) in [4.78, 5) is 0. The van der Waals surface area contributed by atoms with Crippen molar-refractivity contribution in [2.45, 2.75) is 6.92 Å². The summed E-state index contributed by atoms with van der Waals surface area (Å²) >= 11 is 5.81. The van der Waals surface area contributed by atoms with Gasteiger partial charge in [0.25, 0.3) is 0 Å². The highest BCUT2D eigenvalue weighted by Gasteiger charge is 1.91. The Balaban J connectivity index is 0. The normalized spacial score (nSPS) is 7.82. The molecule has 0 aliphatic rings. The fraction of sp³-hybridized carbons (Fsp3) is 0.143. The van der Waals surface area contributed by atoms with Crippen molar-refractivity contribution >= 4 is 24.9 Å². The maximum atomic E-state index is 5.81. The molecule has 0 radical (unpaired) electrons. The maximum Gasteiger partial charge on any atom is 0.141 e. The molecule has 11 heavy (non-hydrogen) atoms. The van der Waals surface area contributed by atoms with Crippen LogP contribution in [0.25, 0.3) is 0 Å². The third kappa shape index (κ3) is 3.42. The summed E-state index contributed by atoms with van der Waals surface area (Å²) in [6.07, 6.45) is 0. The minimum atomic E-state index is 0. The van der Waals surface area contributed by atoms with Gasteiger partial charge >= 0.3 is 0 Å². The summed E-state index contributed by atoms with van der Waals surface area (Å²) in [5.41, 5.74) is 2.35. The van der Waals surface area contributed by atoms with Crippen LogP contribution < -0.4 is 5.46 Å². The van der Waals surface area contributed by atoms with E-state index in [9.17, 15) is 0 Å². The van der Waals surface area contributed by atoms with Crippen LogP contribution in [0.1, 0.15) is 5.56 Å². The van der Waals surface area contributed by atoms with E-state index in [1.807, 2.05) is 26.9 Å². The van der Waals surface area contributed by atoms with E-state index in [4.69, 9.17) is 11.6 Å². The van der Waals surface area contributed by atoms with Gasteiger partial charge in [0.05, 0.1) is 0 Å². The van der Waals surface area contributed by atoms with Crippen molar-refractivity contribution in [2.75, 3.05) is 0 Å². The van der Waals surface area contributed by atoms with Crippen LogP contribution in [-0.4, -0.2) is 18.8 Å². The van der Waals surface area contributed by atoms with E-state index in [2.05, 4.69) is 6.07 Å². The highest BCUT2D eigenvalue weighted by atomic mass is 35.5. The predicted octanol–water partition coefficient (Wildman–Crippen LogP) is -0.743. The number of aryl methyl sites for hydroxylation is 1. The van der Waals surface area contributed by atoms with Crippen LogP contribution in [0.15, 0.2) is 18.2 Å². The van der Waals surface area contributed by atoms with Gasteiger partial charge < -0.3 is 11.0 Å². The van der Waals surface area contributed by atoms with Gasteiger partial charge in [-0.25, -0.2) is 0 Å². The Morgan fingerprint density at radius 1 is 1.27 bits per heavy atom. The van der Waals surface area contributed by atoms with E-state index >= 15 is 0 Å². The molecule has 0 amide bonds. The molecule has 62 valence electrons. The molecule has 4 N–H and O–H groups in total. The van der Waals surface area contributed by atoms with Crippen molar-refractivity contribution in [3.8, 4) is 0 Å². The van der Waals surface area contributed by atoms with Gasteiger partial charge in [-0.2, -0.15) is 0 Å². The number of hydrogen-bond donors (Lipinski definition) is 0. The van der Waals surface area contributed by atoms with Crippen LogP contribution in [0.5, 0.6) is 0 Å². The second kappa shape index (κ2) is 5.19. The van der Waals surface area contributed by atoms with E-state index < -0.39 is 0 Å². The summed E-state index contributed by atoms with van der Waals surface area (Å²) < 4.78 is 0. The van der Waals surface area contributed by atoms with E-state index in [-0.39, 0.29) is 11.0 Å². The molecule has 1 aromatic rings. The molecule has 0 aliphatic carbocycles. The summed E-state index contributed by atoms with van der Waals surface area (Å²) in [6.45, 7) is 2.03. The Hall–Kier alpha value is -0.505. The predicted molar refractivity (Wildman–Crippen MR) is 51.6 cm³/mol. The third-order valence-corrected chi connectivity index (χ3v) is 1.73. The van der Waals surface area contributed by atoms with Crippen molar-refractivity contribution in [1.82, 2.24) is 0 Å². The molecule has 0 aliphatic heterocycles. The third-order valence-electron chi connectivity index (χ3n) is 1.33. The first kappa shape index (κ1) is 13.1. The average molecular weight is 174 g/mol. The molecule has 2 nitrogen and oxygen atoms in total. The lowest BCUT2D eigenvalue weighted by Crippen LogP contribution is -2.02. The largest absolute Gasteiger partial charge is 0.412 e. The van der Waals surface area contributed by atoms with Gasteiger partial charge in [-0.05, 0) is 18.6 Å². The highest BCUT2D eigenvalue weighted by molar-refractivity contribution is 6.45. The lowest BCUT2D eigenvalue weighted by atomic mass is 9.95. The van der Waals surface area contributed by atoms with Gasteiger partial charge in [-0.1, -0.05) is 29.2 Å². The molecule has 1 aromatic carbocycles. The van der Waals surface area contributed by atoms with Crippen LogP contribution in [-0.2, 0) is 0 Å². The van der Waals surface area contributed by atoms with Gasteiger partial charge in [0.2, 0.25) is 0 Å². The molecular formula is C7H12BClO2. The maximum absolute atomic E-state index is 5.81. The van der Waals surface area contributed by atoms with Crippen LogP contribution in [0, 0.1) is 6.92 Å². The average Bonchev–Trinajstić information content (AvgIpc) is 1.80. The molecular weight excluding hydrogens is 162 g/mol. The van der Waals surface area contributed by atoms with Crippen LogP contribution in [0.4, 0.5) is 0 Å². The molecule has 0 heterocycles. The zero-order valence-corrected chi connectivity index (χ0v) is 7.37. The van der Waals surface area contributed by atoms with Crippen LogP contribution >= 0.6 is 11.6 Å². The molecule has 0 spiro atoms. The Labute approximate surface area is 72.2 Å². The fourth-order valence-corrected chi connectivity index (χ4v) is 0.933. The Morgan fingerprint density at radius 2 is 1.82 bits per heavy atom. The van der Waals surface area contributed by atoms with Gasteiger partial charge in [-0.15, -0.1) is 0 Å². The lowest BCUT2D eigenvalue weighted by Gasteiger charge is -1.96. The first-order valence-corrected chi connectivity index (χ1v) is 3.30. The number of halogens is 1. The molecule has 0 bridgehead atoms. The van der Waals surface area contributed by atoms with Crippen molar-refractivity contribution in [1.29, 1.82) is 0 Å². The quantitative estimate of drug-likeness (QED) is 0.465. The number of benzene rings is 1. The van der Waals surface area contributed by atoms with Crippen LogP contribution in [0.2, 0.25) is 5.02 Å². The lowest BCUT2D eigenvalue weighted by molar-refractivity contribution is 0.823. The zero-order chi connectivity index (χ0) is 6.85. The van der Waals surface area contributed by atoms with Crippen LogP contribution in [0.3, 0.4) is 0 Å². The fourth-order valence-electron chi connectivity index (χ4n) is 0.698. The van der Waals surface area contributed by atoms with Gasteiger partial charge in [0, 0.05) is 5.02 Å². The summed E-state index contributed by atoms with van der Waals surface area (Å²) in [7, 11) is 2.00. The standard InChI is InChI=1S/C7H8BCl.2H2O/c1-5-2-3-6(8)7(9)4-5;;/h2-4H,8H2,1H3;2*1H2. The van der Waals surface area contributed by atoms with Crippen molar-refractivity contribution in [2.24, 2.45) is 0 Å². The minimum Gasteiger partial charge on any atom is -0.412 e.